The van der Waals surface area contributed by atoms with Crippen molar-refractivity contribution in [2.24, 2.45) is 10.9 Å². The number of allylic oxidation sites excluding steroid dienone is 1. The van der Waals surface area contributed by atoms with Crippen LogP contribution in [0.15, 0.2) is 53.2 Å². The monoisotopic (exact) mass is 211 g/mol. The molecule has 3 nitrogen and oxygen atoms in total. The first kappa shape index (κ1) is 9.09. The van der Waals surface area contributed by atoms with E-state index < -0.39 is 11.9 Å². The Balaban J connectivity index is 2.24. The van der Waals surface area contributed by atoms with E-state index in [9.17, 15) is 4.79 Å². The van der Waals surface area contributed by atoms with Gasteiger partial charge in [-0.2, -0.15) is 0 Å². The summed E-state index contributed by atoms with van der Waals surface area (Å²) in [6.07, 6.45) is 5.24. The third-order valence-electron chi connectivity index (χ3n) is 2.80. The zero-order valence-corrected chi connectivity index (χ0v) is 8.42. The first-order chi connectivity index (χ1) is 7.75. The van der Waals surface area contributed by atoms with Crippen molar-refractivity contribution in [1.82, 2.24) is 0 Å². The van der Waals surface area contributed by atoms with Gasteiger partial charge in [0, 0.05) is 10.8 Å². The molecule has 0 saturated carbocycles. The minimum Gasteiger partial charge on any atom is -0.481 e. The lowest BCUT2D eigenvalue weighted by molar-refractivity contribution is -0.138. The van der Waals surface area contributed by atoms with Gasteiger partial charge in [0.25, 0.3) is 0 Å². The molecule has 1 N–H and O–H groups in total. The molecule has 1 unspecified atom stereocenters. The van der Waals surface area contributed by atoms with Crippen molar-refractivity contribution in [3.63, 3.8) is 0 Å². The number of para-hydroxylation sites is 1. The largest absolute Gasteiger partial charge is 0.481 e. The van der Waals surface area contributed by atoms with Crippen LogP contribution in [0.3, 0.4) is 0 Å². The fraction of sp³-hybridized carbons (Fsp3) is 0.0769. The molecule has 1 aliphatic carbocycles. The zero-order chi connectivity index (χ0) is 11.1. The average Bonchev–Trinajstić information content (AvgIpc) is 2.66. The smallest absolute Gasteiger partial charge is 0.314 e. The predicted octanol–water partition coefficient (Wildman–Crippen LogP) is 0.625. The van der Waals surface area contributed by atoms with Crippen molar-refractivity contribution in [1.29, 1.82) is 0 Å². The topological polar surface area (TPSA) is 49.7 Å². The maximum absolute atomic E-state index is 10.9. The average molecular weight is 211 g/mol. The van der Waals surface area contributed by atoms with Gasteiger partial charge in [-0.1, -0.05) is 30.4 Å². The molecule has 1 heterocycles. The van der Waals surface area contributed by atoms with Gasteiger partial charge in [-0.25, -0.2) is 4.99 Å². The summed E-state index contributed by atoms with van der Waals surface area (Å²) in [7, 11) is 0. The van der Waals surface area contributed by atoms with Crippen molar-refractivity contribution >= 4 is 11.5 Å². The second-order valence-electron chi connectivity index (χ2n) is 3.82. The molecule has 0 aromatic heterocycles. The molecule has 78 valence electrons. The van der Waals surface area contributed by atoms with Crippen LogP contribution >= 0.6 is 0 Å². The highest BCUT2D eigenvalue weighted by atomic mass is 16.4. The molecule has 0 radical (unpaired) electrons. The van der Waals surface area contributed by atoms with Crippen LogP contribution in [0.4, 0.5) is 0 Å². The van der Waals surface area contributed by atoms with Crippen molar-refractivity contribution < 1.29 is 9.90 Å². The summed E-state index contributed by atoms with van der Waals surface area (Å²) in [5, 5.41) is 10.9. The van der Waals surface area contributed by atoms with Crippen LogP contribution in [0, 0.1) is 5.92 Å². The third kappa shape index (κ3) is 1.21. The van der Waals surface area contributed by atoms with Gasteiger partial charge in [-0.15, -0.1) is 0 Å². The molecule has 3 rings (SSSR count). The molecule has 16 heavy (non-hydrogen) atoms. The number of benzene rings is 1. The summed E-state index contributed by atoms with van der Waals surface area (Å²) in [4.78, 5) is 15.3. The highest BCUT2D eigenvalue weighted by Gasteiger charge is 2.20. The van der Waals surface area contributed by atoms with Crippen LogP contribution in [0.25, 0.3) is 5.57 Å². The SMILES string of the molecule is O=C(O)C1C=CC2=c3ccccc3=NC2=C1. The van der Waals surface area contributed by atoms with E-state index in [-0.39, 0.29) is 0 Å². The Kier molecular flexibility index (Phi) is 1.80. The molecule has 1 atom stereocenters. The first-order valence-corrected chi connectivity index (χ1v) is 5.07. The van der Waals surface area contributed by atoms with Crippen LogP contribution in [-0.4, -0.2) is 11.1 Å². The molecule has 3 heteroatoms. The van der Waals surface area contributed by atoms with E-state index in [1.54, 1.807) is 12.2 Å². The van der Waals surface area contributed by atoms with Crippen molar-refractivity contribution in [3.05, 3.63) is 58.8 Å². The van der Waals surface area contributed by atoms with Crippen LogP contribution in [0.1, 0.15) is 0 Å². The number of rotatable bonds is 1. The van der Waals surface area contributed by atoms with E-state index >= 15 is 0 Å². The van der Waals surface area contributed by atoms with Crippen LogP contribution in [0.5, 0.6) is 0 Å². The molecule has 1 aromatic rings. The molecule has 0 spiro atoms. The maximum atomic E-state index is 10.9. The number of carbonyl (C=O) groups is 1. The van der Waals surface area contributed by atoms with E-state index in [0.717, 1.165) is 21.8 Å². The molecule has 1 aromatic carbocycles. The summed E-state index contributed by atoms with van der Waals surface area (Å²) < 4.78 is 0. The number of carboxylic acids is 1. The molecular formula is C13H9NO2. The van der Waals surface area contributed by atoms with Crippen molar-refractivity contribution in [2.45, 2.75) is 0 Å². The Morgan fingerprint density at radius 3 is 2.94 bits per heavy atom. The number of fused-ring (bicyclic) bond motifs is 2. The molecule has 0 fully saturated rings. The number of nitrogens with zero attached hydrogens (tertiary/aromatic N) is 1. The van der Waals surface area contributed by atoms with Gasteiger partial charge in [0.05, 0.1) is 17.0 Å². The van der Waals surface area contributed by atoms with Crippen LogP contribution in [-0.2, 0) is 4.79 Å². The zero-order valence-electron chi connectivity index (χ0n) is 8.42. The van der Waals surface area contributed by atoms with Gasteiger partial charge in [-0.05, 0) is 12.1 Å². The van der Waals surface area contributed by atoms with E-state index in [0.29, 0.717) is 0 Å². The quantitative estimate of drug-likeness (QED) is 0.740. The summed E-state index contributed by atoms with van der Waals surface area (Å²) in [5.74, 6) is -1.40. The molecule has 0 amide bonds. The van der Waals surface area contributed by atoms with Gasteiger partial charge < -0.3 is 5.11 Å². The standard InChI is InChI=1S/C13H9NO2/c15-13(16)8-5-6-10-9-3-1-2-4-11(9)14-12(10)7-8/h1-8H,(H,15,16). The third-order valence-corrected chi connectivity index (χ3v) is 2.80. The Labute approximate surface area is 91.8 Å². The highest BCUT2D eigenvalue weighted by molar-refractivity contribution is 5.83. The molecule has 0 saturated heterocycles. The number of carboxylic acid groups (broad SMARTS) is 1. The lowest BCUT2D eigenvalue weighted by Crippen LogP contribution is -2.21. The second kappa shape index (κ2) is 3.17. The maximum Gasteiger partial charge on any atom is 0.314 e. The van der Waals surface area contributed by atoms with Gasteiger partial charge >= 0.3 is 5.97 Å². The lowest BCUT2D eigenvalue weighted by Gasteiger charge is -2.09. The minimum atomic E-state index is -0.839. The number of hydrogen-bond acceptors (Lipinski definition) is 2. The molecule has 2 aliphatic rings. The predicted molar refractivity (Wildman–Crippen MR) is 59.0 cm³/mol. The lowest BCUT2D eigenvalue weighted by atomic mass is 9.97. The van der Waals surface area contributed by atoms with Crippen LogP contribution in [0.2, 0.25) is 0 Å². The van der Waals surface area contributed by atoms with Gasteiger partial charge in [-0.3, -0.25) is 4.79 Å². The summed E-state index contributed by atoms with van der Waals surface area (Å²) in [6.45, 7) is 0. The molecule has 0 bridgehead atoms. The van der Waals surface area contributed by atoms with Gasteiger partial charge in [0.1, 0.15) is 0 Å². The Morgan fingerprint density at radius 1 is 1.31 bits per heavy atom. The van der Waals surface area contributed by atoms with Crippen molar-refractivity contribution in [3.8, 4) is 0 Å². The minimum absolute atomic E-state index is 0.559. The summed E-state index contributed by atoms with van der Waals surface area (Å²) >= 11 is 0. The van der Waals surface area contributed by atoms with Gasteiger partial charge in [0.15, 0.2) is 0 Å². The Bertz CT molecular complexity index is 653. The van der Waals surface area contributed by atoms with Crippen molar-refractivity contribution in [2.75, 3.05) is 0 Å². The second-order valence-corrected chi connectivity index (χ2v) is 3.82. The summed E-state index contributed by atoms with van der Waals surface area (Å²) in [6, 6.07) is 7.83. The highest BCUT2D eigenvalue weighted by Crippen LogP contribution is 2.23. The molecule has 1 aliphatic heterocycles. The normalized spacial score (nSPS) is 20.9. The van der Waals surface area contributed by atoms with E-state index in [1.807, 2.05) is 30.3 Å². The van der Waals surface area contributed by atoms with E-state index in [4.69, 9.17) is 5.11 Å². The number of hydrogen-bond donors (Lipinski definition) is 1. The van der Waals surface area contributed by atoms with Crippen LogP contribution < -0.4 is 10.6 Å². The fourth-order valence-electron chi connectivity index (χ4n) is 2.01. The molecular weight excluding hydrogens is 202 g/mol. The van der Waals surface area contributed by atoms with E-state index in [1.165, 1.54) is 0 Å². The Hall–Kier alpha value is -2.16. The first-order valence-electron chi connectivity index (χ1n) is 5.07. The van der Waals surface area contributed by atoms with E-state index in [2.05, 4.69) is 4.99 Å². The summed E-state index contributed by atoms with van der Waals surface area (Å²) in [5.41, 5.74) is 1.80. The fourth-order valence-corrected chi connectivity index (χ4v) is 2.01. The number of aliphatic carboxylic acids is 1. The van der Waals surface area contributed by atoms with Gasteiger partial charge in [0.2, 0.25) is 0 Å². The Morgan fingerprint density at radius 2 is 2.12 bits per heavy atom.